The van der Waals surface area contributed by atoms with E-state index in [4.69, 9.17) is 16.4 Å². The molecule has 5 nitrogen and oxygen atoms in total. The number of hydroxylamine groups is 2. The van der Waals surface area contributed by atoms with E-state index in [0.717, 1.165) is 10.6 Å². The standard InChI is InChI=1S/C13H15ClN2O3/c1-10-12(17)16(13(18)15(10)8-7-14)19-9-11-5-3-2-4-6-11/h2-6,10H,7-9H2,1H3. The SMILES string of the molecule is CC1C(=O)N(OCc2ccccc2)C(=O)N1CCCl. The molecule has 1 saturated heterocycles. The minimum atomic E-state index is -0.526. The number of imide groups is 1. The molecule has 0 bridgehead atoms. The Morgan fingerprint density at radius 2 is 1.95 bits per heavy atom. The molecule has 1 fully saturated rings. The van der Waals surface area contributed by atoms with Crippen molar-refractivity contribution in [2.75, 3.05) is 12.4 Å². The number of urea groups is 1. The first-order chi connectivity index (χ1) is 9.15. The van der Waals surface area contributed by atoms with E-state index in [1.165, 1.54) is 4.90 Å². The summed E-state index contributed by atoms with van der Waals surface area (Å²) in [6.07, 6.45) is 0. The minimum absolute atomic E-state index is 0.180. The second-order valence-corrected chi connectivity index (χ2v) is 4.61. The molecule has 0 saturated carbocycles. The molecule has 102 valence electrons. The van der Waals surface area contributed by atoms with E-state index in [1.54, 1.807) is 6.92 Å². The van der Waals surface area contributed by atoms with Crippen molar-refractivity contribution in [1.29, 1.82) is 0 Å². The smallest absolute Gasteiger partial charge is 0.309 e. The van der Waals surface area contributed by atoms with Crippen LogP contribution in [-0.4, -0.2) is 40.4 Å². The highest BCUT2D eigenvalue weighted by molar-refractivity contribution is 6.18. The molecule has 1 aliphatic heterocycles. The maximum absolute atomic E-state index is 12.0. The lowest BCUT2D eigenvalue weighted by Crippen LogP contribution is -2.35. The average molecular weight is 283 g/mol. The molecule has 1 aliphatic rings. The summed E-state index contributed by atoms with van der Waals surface area (Å²) >= 11 is 5.62. The van der Waals surface area contributed by atoms with Gasteiger partial charge < -0.3 is 4.90 Å². The lowest BCUT2D eigenvalue weighted by atomic mass is 10.2. The van der Waals surface area contributed by atoms with Crippen LogP contribution in [0.3, 0.4) is 0 Å². The largest absolute Gasteiger partial charge is 0.352 e. The van der Waals surface area contributed by atoms with Crippen LogP contribution in [0.5, 0.6) is 0 Å². The minimum Gasteiger partial charge on any atom is -0.309 e. The number of halogens is 1. The van der Waals surface area contributed by atoms with Crippen molar-refractivity contribution in [2.24, 2.45) is 0 Å². The molecular formula is C13H15ClN2O3. The van der Waals surface area contributed by atoms with Crippen LogP contribution in [0.25, 0.3) is 0 Å². The molecule has 19 heavy (non-hydrogen) atoms. The summed E-state index contributed by atoms with van der Waals surface area (Å²) in [7, 11) is 0. The Balaban J connectivity index is 2.00. The first-order valence-electron chi connectivity index (χ1n) is 6.02. The summed E-state index contributed by atoms with van der Waals surface area (Å²) in [6.45, 7) is 2.18. The van der Waals surface area contributed by atoms with E-state index >= 15 is 0 Å². The number of hydrogen-bond donors (Lipinski definition) is 0. The zero-order valence-electron chi connectivity index (χ0n) is 10.6. The monoisotopic (exact) mass is 282 g/mol. The third-order valence-electron chi connectivity index (χ3n) is 2.97. The van der Waals surface area contributed by atoms with E-state index in [-0.39, 0.29) is 18.4 Å². The van der Waals surface area contributed by atoms with Crippen LogP contribution in [-0.2, 0) is 16.2 Å². The molecule has 1 atom stereocenters. The van der Waals surface area contributed by atoms with Crippen LogP contribution in [0.4, 0.5) is 4.79 Å². The number of benzene rings is 1. The van der Waals surface area contributed by atoms with E-state index in [0.29, 0.717) is 6.54 Å². The summed E-state index contributed by atoms with van der Waals surface area (Å²) in [5.41, 5.74) is 0.895. The van der Waals surface area contributed by atoms with Crippen molar-refractivity contribution in [3.63, 3.8) is 0 Å². The number of rotatable bonds is 5. The molecule has 2 rings (SSSR count). The van der Waals surface area contributed by atoms with E-state index in [2.05, 4.69) is 0 Å². The van der Waals surface area contributed by atoms with Gasteiger partial charge in [-0.15, -0.1) is 16.7 Å². The molecule has 0 radical (unpaired) electrons. The van der Waals surface area contributed by atoms with Gasteiger partial charge in [-0.3, -0.25) is 9.63 Å². The van der Waals surface area contributed by atoms with Gasteiger partial charge in [-0.25, -0.2) is 4.79 Å². The predicted octanol–water partition coefficient (Wildman–Crippen LogP) is 2.01. The van der Waals surface area contributed by atoms with Gasteiger partial charge in [-0.1, -0.05) is 30.3 Å². The fourth-order valence-electron chi connectivity index (χ4n) is 1.89. The number of alkyl halides is 1. The third-order valence-corrected chi connectivity index (χ3v) is 3.14. The number of nitrogens with zero attached hydrogens (tertiary/aromatic N) is 2. The second kappa shape index (κ2) is 6.04. The van der Waals surface area contributed by atoms with Crippen LogP contribution in [0.1, 0.15) is 12.5 Å². The van der Waals surface area contributed by atoms with Crippen LogP contribution in [0.15, 0.2) is 30.3 Å². The number of hydrogen-bond acceptors (Lipinski definition) is 3. The van der Waals surface area contributed by atoms with Gasteiger partial charge in [0.1, 0.15) is 12.6 Å². The predicted molar refractivity (Wildman–Crippen MR) is 70.4 cm³/mol. The molecule has 1 heterocycles. The number of carbonyl (C=O) groups excluding carboxylic acids is 2. The van der Waals surface area contributed by atoms with Gasteiger partial charge in [0.2, 0.25) is 0 Å². The van der Waals surface area contributed by atoms with Crippen LogP contribution in [0.2, 0.25) is 0 Å². The van der Waals surface area contributed by atoms with E-state index < -0.39 is 12.1 Å². The van der Waals surface area contributed by atoms with Crippen molar-refractivity contribution in [2.45, 2.75) is 19.6 Å². The van der Waals surface area contributed by atoms with Gasteiger partial charge >= 0.3 is 6.03 Å². The number of amides is 3. The highest BCUT2D eigenvalue weighted by Gasteiger charge is 2.43. The Labute approximate surface area is 116 Å². The van der Waals surface area contributed by atoms with Crippen LogP contribution in [0, 0.1) is 0 Å². The maximum atomic E-state index is 12.0. The fraction of sp³-hybridized carbons (Fsp3) is 0.385. The normalized spacial score (nSPS) is 19.4. The van der Waals surface area contributed by atoms with Crippen molar-refractivity contribution < 1.29 is 14.4 Å². The molecule has 0 N–H and O–H groups in total. The Morgan fingerprint density at radius 1 is 1.26 bits per heavy atom. The van der Waals surface area contributed by atoms with E-state index in [9.17, 15) is 9.59 Å². The van der Waals surface area contributed by atoms with Gasteiger partial charge in [-0.05, 0) is 12.5 Å². The second-order valence-electron chi connectivity index (χ2n) is 4.23. The molecule has 0 spiro atoms. The summed E-state index contributed by atoms with van der Waals surface area (Å²) in [5, 5.41) is 0.824. The number of carbonyl (C=O) groups is 2. The van der Waals surface area contributed by atoms with Gasteiger partial charge in [0.05, 0.1) is 0 Å². The Morgan fingerprint density at radius 3 is 2.58 bits per heavy atom. The van der Waals surface area contributed by atoms with Crippen molar-refractivity contribution in [3.8, 4) is 0 Å². The zero-order chi connectivity index (χ0) is 13.8. The first kappa shape index (κ1) is 13.8. The average Bonchev–Trinajstić information content (AvgIpc) is 2.63. The molecule has 0 aliphatic carbocycles. The fourth-order valence-corrected chi connectivity index (χ4v) is 2.07. The molecule has 1 aromatic carbocycles. The highest BCUT2D eigenvalue weighted by Crippen LogP contribution is 2.18. The topological polar surface area (TPSA) is 49.9 Å². The van der Waals surface area contributed by atoms with Gasteiger partial charge in [0.15, 0.2) is 0 Å². The molecule has 6 heteroatoms. The van der Waals surface area contributed by atoms with Gasteiger partial charge in [0.25, 0.3) is 5.91 Å². The van der Waals surface area contributed by atoms with Gasteiger partial charge in [0, 0.05) is 12.4 Å². The summed E-state index contributed by atoms with van der Waals surface area (Å²) in [5.74, 6) is -0.0679. The van der Waals surface area contributed by atoms with Crippen molar-refractivity contribution >= 4 is 23.5 Å². The Hall–Kier alpha value is -1.59. The van der Waals surface area contributed by atoms with Crippen LogP contribution >= 0.6 is 11.6 Å². The molecule has 1 aromatic rings. The lowest BCUT2D eigenvalue weighted by Gasteiger charge is -2.17. The zero-order valence-corrected chi connectivity index (χ0v) is 11.3. The molecule has 0 aromatic heterocycles. The quantitative estimate of drug-likeness (QED) is 0.613. The third kappa shape index (κ3) is 2.88. The first-order valence-corrected chi connectivity index (χ1v) is 6.56. The molecular weight excluding hydrogens is 268 g/mol. The summed E-state index contributed by atoms with van der Waals surface area (Å²) < 4.78 is 0. The van der Waals surface area contributed by atoms with Gasteiger partial charge in [-0.2, -0.15) is 0 Å². The summed E-state index contributed by atoms with van der Waals surface area (Å²) in [4.78, 5) is 30.6. The van der Waals surface area contributed by atoms with E-state index in [1.807, 2.05) is 30.3 Å². The lowest BCUT2D eigenvalue weighted by molar-refractivity contribution is -0.166. The molecule has 1 unspecified atom stereocenters. The molecule has 3 amide bonds. The Kier molecular flexibility index (Phi) is 4.39. The highest BCUT2D eigenvalue weighted by atomic mass is 35.5. The summed E-state index contributed by atoms with van der Waals surface area (Å²) in [6, 6.07) is 8.38. The Bertz CT molecular complexity index is 466. The van der Waals surface area contributed by atoms with Crippen LogP contribution < -0.4 is 0 Å². The van der Waals surface area contributed by atoms with Crippen molar-refractivity contribution in [1.82, 2.24) is 9.96 Å². The van der Waals surface area contributed by atoms with Crippen molar-refractivity contribution in [3.05, 3.63) is 35.9 Å². The maximum Gasteiger partial charge on any atom is 0.352 e.